The topological polar surface area (TPSA) is 32.9 Å². The zero-order chi connectivity index (χ0) is 14.4. The molecule has 0 aliphatic heterocycles. The molecular formula is C14H14F3NO. The van der Waals surface area contributed by atoms with Crippen LogP contribution in [0.1, 0.15) is 36.6 Å². The highest BCUT2D eigenvalue weighted by atomic mass is 19.4. The number of benzene rings is 1. The van der Waals surface area contributed by atoms with Gasteiger partial charge in [0, 0.05) is 22.2 Å². The summed E-state index contributed by atoms with van der Waals surface area (Å²) in [6.07, 6.45) is -4.44. The van der Waals surface area contributed by atoms with Crippen molar-refractivity contribution in [1.29, 1.82) is 0 Å². The Labute approximate surface area is 108 Å². The summed E-state index contributed by atoms with van der Waals surface area (Å²) >= 11 is 0. The Balaban J connectivity index is 2.82. The second-order valence-corrected chi connectivity index (χ2v) is 4.91. The van der Waals surface area contributed by atoms with Crippen LogP contribution in [0.2, 0.25) is 0 Å². The van der Waals surface area contributed by atoms with Gasteiger partial charge in [0.1, 0.15) is 0 Å². The van der Waals surface area contributed by atoms with Crippen LogP contribution >= 0.6 is 0 Å². The molecular weight excluding hydrogens is 255 g/mol. The van der Waals surface area contributed by atoms with E-state index in [1.165, 1.54) is 6.07 Å². The summed E-state index contributed by atoms with van der Waals surface area (Å²) < 4.78 is 38.0. The predicted octanol–water partition coefficient (Wildman–Crippen LogP) is 3.98. The molecule has 0 saturated carbocycles. The van der Waals surface area contributed by atoms with Gasteiger partial charge in [0.05, 0.1) is 5.56 Å². The molecule has 0 saturated heterocycles. The lowest BCUT2D eigenvalue weighted by atomic mass is 9.98. The van der Waals surface area contributed by atoms with Gasteiger partial charge in [-0.1, -0.05) is 13.8 Å². The van der Waals surface area contributed by atoms with E-state index in [-0.39, 0.29) is 16.7 Å². The second-order valence-electron chi connectivity index (χ2n) is 4.91. The number of nitrogens with one attached hydrogen (secondary N) is 1. The van der Waals surface area contributed by atoms with Crippen LogP contribution in [0.15, 0.2) is 23.0 Å². The maximum absolute atomic E-state index is 12.7. The van der Waals surface area contributed by atoms with Gasteiger partial charge < -0.3 is 4.98 Å². The molecule has 0 aliphatic carbocycles. The SMILES string of the molecule is Cc1[nH]c2ccc(C(F)(F)F)cc2c(=O)c1C(C)C. The van der Waals surface area contributed by atoms with Crippen molar-refractivity contribution in [1.82, 2.24) is 4.98 Å². The van der Waals surface area contributed by atoms with E-state index in [0.29, 0.717) is 16.8 Å². The number of rotatable bonds is 1. The van der Waals surface area contributed by atoms with Gasteiger partial charge in [-0.2, -0.15) is 13.2 Å². The third-order valence-electron chi connectivity index (χ3n) is 3.14. The highest BCUT2D eigenvalue weighted by Gasteiger charge is 2.30. The number of halogens is 3. The Morgan fingerprint density at radius 1 is 1.21 bits per heavy atom. The molecule has 1 aromatic heterocycles. The van der Waals surface area contributed by atoms with Crippen LogP contribution in [0.3, 0.4) is 0 Å². The zero-order valence-electron chi connectivity index (χ0n) is 10.9. The molecule has 1 heterocycles. The van der Waals surface area contributed by atoms with Gasteiger partial charge in [0.2, 0.25) is 0 Å². The summed E-state index contributed by atoms with van der Waals surface area (Å²) in [5.41, 5.74) is 0.537. The number of fused-ring (bicyclic) bond motifs is 1. The summed E-state index contributed by atoms with van der Waals surface area (Å²) in [7, 11) is 0. The van der Waals surface area contributed by atoms with E-state index in [0.717, 1.165) is 12.1 Å². The van der Waals surface area contributed by atoms with E-state index in [9.17, 15) is 18.0 Å². The lowest BCUT2D eigenvalue weighted by molar-refractivity contribution is -0.137. The number of alkyl halides is 3. The fourth-order valence-corrected chi connectivity index (χ4v) is 2.30. The molecule has 1 N–H and O–H groups in total. The molecule has 1 aromatic carbocycles. The van der Waals surface area contributed by atoms with E-state index < -0.39 is 11.7 Å². The number of hydrogen-bond donors (Lipinski definition) is 1. The standard InChI is InChI=1S/C14H14F3NO/c1-7(2)12-8(3)18-11-5-4-9(14(15,16)17)6-10(11)13(12)19/h4-7H,1-3H3,(H,18,19). The highest BCUT2D eigenvalue weighted by Crippen LogP contribution is 2.30. The molecule has 0 amide bonds. The minimum Gasteiger partial charge on any atom is -0.358 e. The first-order chi connectivity index (χ1) is 8.71. The van der Waals surface area contributed by atoms with Gasteiger partial charge in [-0.25, -0.2) is 0 Å². The van der Waals surface area contributed by atoms with Crippen molar-refractivity contribution in [2.24, 2.45) is 0 Å². The Morgan fingerprint density at radius 2 is 1.84 bits per heavy atom. The second kappa shape index (κ2) is 4.40. The fraction of sp³-hybridized carbons (Fsp3) is 0.357. The zero-order valence-corrected chi connectivity index (χ0v) is 10.9. The summed E-state index contributed by atoms with van der Waals surface area (Å²) in [4.78, 5) is 15.3. The maximum atomic E-state index is 12.7. The lowest BCUT2D eigenvalue weighted by Crippen LogP contribution is -2.15. The van der Waals surface area contributed by atoms with Crippen molar-refractivity contribution in [3.05, 3.63) is 45.2 Å². The molecule has 2 rings (SSSR count). The summed E-state index contributed by atoms with van der Waals surface area (Å²) in [6.45, 7) is 5.45. The van der Waals surface area contributed by atoms with Gasteiger partial charge in [-0.15, -0.1) is 0 Å². The van der Waals surface area contributed by atoms with E-state index in [2.05, 4.69) is 4.98 Å². The minimum absolute atomic E-state index is 0.0392. The maximum Gasteiger partial charge on any atom is 0.416 e. The van der Waals surface area contributed by atoms with E-state index >= 15 is 0 Å². The Kier molecular flexibility index (Phi) is 3.16. The lowest BCUT2D eigenvalue weighted by Gasteiger charge is -2.12. The largest absolute Gasteiger partial charge is 0.416 e. The summed E-state index contributed by atoms with van der Waals surface area (Å²) in [5.74, 6) is -0.0392. The van der Waals surface area contributed by atoms with Crippen molar-refractivity contribution in [3.63, 3.8) is 0 Å². The molecule has 19 heavy (non-hydrogen) atoms. The fourth-order valence-electron chi connectivity index (χ4n) is 2.30. The molecule has 5 heteroatoms. The molecule has 0 spiro atoms. The number of aryl methyl sites for hydroxylation is 1. The molecule has 0 aliphatic rings. The predicted molar refractivity (Wildman–Crippen MR) is 68.4 cm³/mol. The highest BCUT2D eigenvalue weighted by molar-refractivity contribution is 5.80. The molecule has 102 valence electrons. The average Bonchev–Trinajstić information content (AvgIpc) is 2.26. The van der Waals surface area contributed by atoms with Gasteiger partial charge in [-0.3, -0.25) is 4.79 Å². The molecule has 0 atom stereocenters. The molecule has 0 fully saturated rings. The van der Waals surface area contributed by atoms with Crippen molar-refractivity contribution < 1.29 is 13.2 Å². The van der Waals surface area contributed by atoms with Crippen LogP contribution in [0.25, 0.3) is 10.9 Å². The van der Waals surface area contributed by atoms with Gasteiger partial charge >= 0.3 is 6.18 Å². The Bertz CT molecular complexity index is 683. The average molecular weight is 269 g/mol. The van der Waals surface area contributed by atoms with Crippen molar-refractivity contribution in [3.8, 4) is 0 Å². The first-order valence-electron chi connectivity index (χ1n) is 5.95. The number of H-pyrrole nitrogens is 1. The van der Waals surface area contributed by atoms with Gasteiger partial charge in [-0.05, 0) is 31.0 Å². The number of aromatic nitrogens is 1. The van der Waals surface area contributed by atoms with Gasteiger partial charge in [0.25, 0.3) is 0 Å². The third kappa shape index (κ3) is 2.37. The first-order valence-corrected chi connectivity index (χ1v) is 5.95. The van der Waals surface area contributed by atoms with Gasteiger partial charge in [0.15, 0.2) is 5.43 Å². The van der Waals surface area contributed by atoms with Crippen LogP contribution in [-0.4, -0.2) is 4.98 Å². The van der Waals surface area contributed by atoms with Crippen molar-refractivity contribution >= 4 is 10.9 Å². The van der Waals surface area contributed by atoms with Crippen LogP contribution in [-0.2, 0) is 6.18 Å². The van der Waals surface area contributed by atoms with Crippen LogP contribution in [0.5, 0.6) is 0 Å². The Morgan fingerprint density at radius 3 is 2.37 bits per heavy atom. The van der Waals surface area contributed by atoms with Crippen LogP contribution < -0.4 is 5.43 Å². The molecule has 0 bridgehead atoms. The van der Waals surface area contributed by atoms with E-state index in [1.54, 1.807) is 6.92 Å². The molecule has 0 unspecified atom stereocenters. The minimum atomic E-state index is -4.44. The third-order valence-corrected chi connectivity index (χ3v) is 3.14. The number of hydrogen-bond acceptors (Lipinski definition) is 1. The monoisotopic (exact) mass is 269 g/mol. The molecule has 2 aromatic rings. The van der Waals surface area contributed by atoms with Crippen molar-refractivity contribution in [2.75, 3.05) is 0 Å². The number of aromatic amines is 1. The number of pyridine rings is 1. The first kappa shape index (κ1) is 13.6. The Hall–Kier alpha value is -1.78. The normalized spacial score (nSPS) is 12.4. The molecule has 2 nitrogen and oxygen atoms in total. The summed E-state index contributed by atoms with van der Waals surface area (Å²) in [5, 5.41) is 0.0872. The van der Waals surface area contributed by atoms with Crippen molar-refractivity contribution in [2.45, 2.75) is 32.9 Å². The molecule has 0 radical (unpaired) electrons. The van der Waals surface area contributed by atoms with Crippen LogP contribution in [0, 0.1) is 6.92 Å². The van der Waals surface area contributed by atoms with Crippen LogP contribution in [0.4, 0.5) is 13.2 Å². The van der Waals surface area contributed by atoms with E-state index in [1.807, 2.05) is 13.8 Å². The summed E-state index contributed by atoms with van der Waals surface area (Å²) in [6, 6.07) is 3.20. The van der Waals surface area contributed by atoms with E-state index in [4.69, 9.17) is 0 Å². The smallest absolute Gasteiger partial charge is 0.358 e. The quantitative estimate of drug-likeness (QED) is 0.834.